The lowest BCUT2D eigenvalue weighted by molar-refractivity contribution is 0.0945. The zero-order valence-electron chi connectivity index (χ0n) is 15.4. The van der Waals surface area contributed by atoms with Crippen LogP contribution in [0.1, 0.15) is 23.2 Å². The van der Waals surface area contributed by atoms with Crippen LogP contribution in [-0.2, 0) is 20.0 Å². The molecule has 2 aromatic heterocycles. The first kappa shape index (κ1) is 17.8. The lowest BCUT2D eigenvalue weighted by Crippen LogP contribution is -2.28. The molecule has 4 aromatic rings. The normalized spacial score (nSPS) is 11.4. The number of fused-ring (bicyclic) bond motifs is 2. The number of carbonyl (C=O) groups is 1. The van der Waals surface area contributed by atoms with Gasteiger partial charge in [-0.25, -0.2) is 4.98 Å². The molecular formula is C21H21BrN4O. The molecule has 0 saturated heterocycles. The molecule has 0 aliphatic carbocycles. The first-order valence-electron chi connectivity index (χ1n) is 9.07. The highest BCUT2D eigenvalue weighted by atomic mass is 79.9. The van der Waals surface area contributed by atoms with Gasteiger partial charge in [-0.15, -0.1) is 0 Å². The van der Waals surface area contributed by atoms with E-state index in [9.17, 15) is 4.79 Å². The maximum absolute atomic E-state index is 12.8. The summed E-state index contributed by atoms with van der Waals surface area (Å²) >= 11 is 3.59. The summed E-state index contributed by atoms with van der Waals surface area (Å²) in [4.78, 5) is 17.5. The number of aryl methyl sites for hydroxylation is 2. The molecule has 1 amide bonds. The van der Waals surface area contributed by atoms with Gasteiger partial charge in [0.05, 0.1) is 15.5 Å². The van der Waals surface area contributed by atoms with Crippen LogP contribution >= 0.6 is 15.9 Å². The zero-order chi connectivity index (χ0) is 19.0. The molecule has 0 atom stereocenters. The number of imidazole rings is 1. The van der Waals surface area contributed by atoms with Crippen LogP contribution < -0.4 is 5.32 Å². The molecule has 1 N–H and O–H groups in total. The van der Waals surface area contributed by atoms with Gasteiger partial charge in [-0.05, 0) is 41.1 Å². The number of benzene rings is 2. The molecule has 2 heterocycles. The number of hydrogen-bond acceptors (Lipinski definition) is 2. The van der Waals surface area contributed by atoms with E-state index in [2.05, 4.69) is 38.8 Å². The number of nitrogens with one attached hydrogen (secondary N) is 1. The molecular weight excluding hydrogens is 404 g/mol. The van der Waals surface area contributed by atoms with Gasteiger partial charge in [0.15, 0.2) is 0 Å². The third-order valence-electron chi connectivity index (χ3n) is 4.94. The lowest BCUT2D eigenvalue weighted by atomic mass is 10.2. The number of hydrogen-bond donors (Lipinski definition) is 1. The number of nitrogens with zero attached hydrogens (tertiary/aromatic N) is 3. The smallest absolute Gasteiger partial charge is 0.269 e. The van der Waals surface area contributed by atoms with Crippen molar-refractivity contribution >= 4 is 43.8 Å². The van der Waals surface area contributed by atoms with E-state index >= 15 is 0 Å². The van der Waals surface area contributed by atoms with Crippen LogP contribution in [0.15, 0.2) is 53.0 Å². The van der Waals surface area contributed by atoms with E-state index in [4.69, 9.17) is 4.98 Å². The van der Waals surface area contributed by atoms with Crippen LogP contribution in [0.3, 0.4) is 0 Å². The van der Waals surface area contributed by atoms with Crippen LogP contribution in [0.2, 0.25) is 0 Å². The van der Waals surface area contributed by atoms with Gasteiger partial charge >= 0.3 is 0 Å². The maximum atomic E-state index is 12.8. The van der Waals surface area contributed by atoms with Crippen LogP contribution in [-0.4, -0.2) is 26.6 Å². The molecule has 6 heteroatoms. The Labute approximate surface area is 166 Å². The molecule has 0 bridgehead atoms. The highest BCUT2D eigenvalue weighted by molar-refractivity contribution is 9.10. The van der Waals surface area contributed by atoms with Crippen molar-refractivity contribution in [1.29, 1.82) is 0 Å². The summed E-state index contributed by atoms with van der Waals surface area (Å²) in [6.45, 7) is 3.51. The van der Waals surface area contributed by atoms with Gasteiger partial charge in [0.25, 0.3) is 5.91 Å². The maximum Gasteiger partial charge on any atom is 0.269 e. The second kappa shape index (κ2) is 7.19. The molecule has 5 nitrogen and oxygen atoms in total. The van der Waals surface area contributed by atoms with E-state index in [0.29, 0.717) is 18.7 Å². The summed E-state index contributed by atoms with van der Waals surface area (Å²) < 4.78 is 4.96. The monoisotopic (exact) mass is 424 g/mol. The Morgan fingerprint density at radius 3 is 2.56 bits per heavy atom. The highest BCUT2D eigenvalue weighted by Crippen LogP contribution is 2.30. The quantitative estimate of drug-likeness (QED) is 0.519. The first-order chi connectivity index (χ1) is 13.1. The SMILES string of the molecule is CCn1c(CCNC(=O)c2c(Br)c3ccccc3n2C)nc2ccccc21. The molecule has 0 aliphatic rings. The van der Waals surface area contributed by atoms with Gasteiger partial charge in [0, 0.05) is 37.5 Å². The number of rotatable bonds is 5. The van der Waals surface area contributed by atoms with Gasteiger partial charge in [-0.3, -0.25) is 4.79 Å². The molecule has 0 saturated carbocycles. The topological polar surface area (TPSA) is 51.9 Å². The highest BCUT2D eigenvalue weighted by Gasteiger charge is 2.19. The van der Waals surface area contributed by atoms with Crippen LogP contribution in [0.5, 0.6) is 0 Å². The minimum atomic E-state index is -0.0836. The van der Waals surface area contributed by atoms with Crippen LogP contribution in [0, 0.1) is 0 Å². The molecule has 0 aliphatic heterocycles. The van der Waals surface area contributed by atoms with Gasteiger partial charge in [-0.1, -0.05) is 30.3 Å². The van der Waals surface area contributed by atoms with E-state index in [1.54, 1.807) is 0 Å². The van der Waals surface area contributed by atoms with Crippen molar-refractivity contribution in [2.45, 2.75) is 19.9 Å². The second-order valence-corrected chi connectivity index (χ2v) is 7.30. The third-order valence-corrected chi connectivity index (χ3v) is 5.75. The molecule has 0 radical (unpaired) electrons. The predicted octanol–water partition coefficient (Wildman–Crippen LogP) is 4.28. The molecule has 0 fully saturated rings. The fraction of sp³-hybridized carbons (Fsp3) is 0.238. The molecule has 138 valence electrons. The van der Waals surface area contributed by atoms with Crippen molar-refractivity contribution < 1.29 is 4.79 Å². The Balaban J connectivity index is 1.53. The Hall–Kier alpha value is -2.60. The minimum absolute atomic E-state index is 0.0836. The van der Waals surface area contributed by atoms with Crippen LogP contribution in [0.4, 0.5) is 0 Å². The lowest BCUT2D eigenvalue weighted by Gasteiger charge is -2.09. The van der Waals surface area contributed by atoms with E-state index < -0.39 is 0 Å². The van der Waals surface area contributed by atoms with Crippen molar-refractivity contribution in [3.05, 3.63) is 64.5 Å². The summed E-state index contributed by atoms with van der Waals surface area (Å²) in [5.41, 5.74) is 3.80. The van der Waals surface area contributed by atoms with Gasteiger partial charge in [0.2, 0.25) is 0 Å². The summed E-state index contributed by atoms with van der Waals surface area (Å²) in [5, 5.41) is 4.08. The summed E-state index contributed by atoms with van der Waals surface area (Å²) in [5.74, 6) is 0.912. The number of halogens is 1. The third kappa shape index (κ3) is 3.04. The van der Waals surface area contributed by atoms with Gasteiger partial charge in [0.1, 0.15) is 11.5 Å². The van der Waals surface area contributed by atoms with Crippen LogP contribution in [0.25, 0.3) is 21.9 Å². The molecule has 0 unspecified atom stereocenters. The van der Waals surface area contributed by atoms with E-state index in [1.165, 1.54) is 0 Å². The molecule has 4 rings (SSSR count). The van der Waals surface area contributed by atoms with E-state index in [0.717, 1.165) is 38.8 Å². The van der Waals surface area contributed by atoms with E-state index in [-0.39, 0.29) is 5.91 Å². The average Bonchev–Trinajstić information content (AvgIpc) is 3.17. The first-order valence-corrected chi connectivity index (χ1v) is 9.86. The standard InChI is InChI=1S/C21H21BrN4O/c1-3-26-17-11-7-5-9-15(17)24-18(26)12-13-23-21(27)20-19(22)14-8-4-6-10-16(14)25(20)2/h4-11H,3,12-13H2,1-2H3,(H,23,27). The zero-order valence-corrected chi connectivity index (χ0v) is 17.0. The molecule has 0 spiro atoms. The van der Waals surface area contributed by atoms with E-state index in [1.807, 2.05) is 54.1 Å². The largest absolute Gasteiger partial charge is 0.350 e. The van der Waals surface area contributed by atoms with Gasteiger partial charge < -0.3 is 14.5 Å². The average molecular weight is 425 g/mol. The number of para-hydroxylation sites is 3. The van der Waals surface area contributed by atoms with Gasteiger partial charge in [-0.2, -0.15) is 0 Å². The number of carbonyl (C=O) groups excluding carboxylic acids is 1. The predicted molar refractivity (Wildman–Crippen MR) is 112 cm³/mol. The van der Waals surface area contributed by atoms with Crippen molar-refractivity contribution in [2.24, 2.45) is 7.05 Å². The summed E-state index contributed by atoms with van der Waals surface area (Å²) in [6, 6.07) is 16.1. The Bertz CT molecular complexity index is 1100. The molecule has 2 aromatic carbocycles. The Kier molecular flexibility index (Phi) is 4.74. The molecule has 27 heavy (non-hydrogen) atoms. The summed E-state index contributed by atoms with van der Waals surface area (Å²) in [7, 11) is 1.92. The Morgan fingerprint density at radius 2 is 1.81 bits per heavy atom. The fourth-order valence-corrected chi connectivity index (χ4v) is 4.42. The van der Waals surface area contributed by atoms with Crippen molar-refractivity contribution in [1.82, 2.24) is 19.4 Å². The summed E-state index contributed by atoms with van der Waals surface area (Å²) in [6.07, 6.45) is 0.690. The number of aromatic nitrogens is 3. The number of amides is 1. The fourth-order valence-electron chi connectivity index (χ4n) is 3.64. The van der Waals surface area contributed by atoms with Crippen molar-refractivity contribution in [2.75, 3.05) is 6.54 Å². The second-order valence-electron chi connectivity index (χ2n) is 6.51. The Morgan fingerprint density at radius 1 is 1.11 bits per heavy atom. The van der Waals surface area contributed by atoms with Crippen molar-refractivity contribution in [3.63, 3.8) is 0 Å². The minimum Gasteiger partial charge on any atom is -0.350 e. The van der Waals surface area contributed by atoms with Crippen molar-refractivity contribution in [3.8, 4) is 0 Å².